The molecule has 0 bridgehead atoms. The number of carboxylic acids is 1. The molecule has 0 radical (unpaired) electrons. The smallest absolute Gasteiger partial charge is 0.335 e. The first-order valence-corrected chi connectivity index (χ1v) is 14.2. The van der Waals surface area contributed by atoms with Crippen molar-refractivity contribution in [3.63, 3.8) is 0 Å². The Hall–Kier alpha value is -3.07. The van der Waals surface area contributed by atoms with Crippen molar-refractivity contribution in [1.29, 1.82) is 0 Å². The number of carbonyl (C=O) groups is 1. The van der Waals surface area contributed by atoms with Gasteiger partial charge in [-0.1, -0.05) is 59.3 Å². The summed E-state index contributed by atoms with van der Waals surface area (Å²) in [6.45, 7) is 5.93. The van der Waals surface area contributed by atoms with Gasteiger partial charge in [0.25, 0.3) is 0 Å². The second-order valence-corrected chi connectivity index (χ2v) is 11.4. The van der Waals surface area contributed by atoms with Crippen LogP contribution in [-0.2, 0) is 11.2 Å². The molecule has 1 aliphatic heterocycles. The molecule has 0 spiro atoms. The summed E-state index contributed by atoms with van der Waals surface area (Å²) >= 11 is 13.9. The Labute approximate surface area is 246 Å². The van der Waals surface area contributed by atoms with Crippen LogP contribution in [0.15, 0.2) is 71.7 Å². The minimum absolute atomic E-state index is 0.0224. The number of ether oxygens (including phenoxy) is 1. The molecule has 40 heavy (non-hydrogen) atoms. The van der Waals surface area contributed by atoms with Gasteiger partial charge in [-0.2, -0.15) is 0 Å². The Balaban J connectivity index is 1.87. The fraction of sp³-hybridized carbons (Fsp3) is 0.267. The predicted octanol–water partition coefficient (Wildman–Crippen LogP) is 8.87. The molecule has 2 heterocycles. The summed E-state index contributed by atoms with van der Waals surface area (Å²) in [6.07, 6.45) is 8.70. The summed E-state index contributed by atoms with van der Waals surface area (Å²) < 4.78 is 36.9. The van der Waals surface area contributed by atoms with E-state index in [2.05, 4.69) is 6.92 Å². The summed E-state index contributed by atoms with van der Waals surface area (Å²) in [6, 6.07) is 7.50. The summed E-state index contributed by atoms with van der Waals surface area (Å²) in [4.78, 5) is 16.2. The molecule has 1 aromatic heterocycles. The SMILES string of the molecule is COc1cc(C2(C)CC=CC=C(F)C=CC(C)n3c(SCc4c(F)cc(C(=O)O)cc4Cl)nc(C)c32)ccc1Cl. The molecule has 210 valence electrons. The zero-order valence-electron chi connectivity index (χ0n) is 22.3. The standard InChI is InChI=1S/C30H28Cl2F2N2O3S/c1-17-8-10-21(33)7-5-6-12-30(3,20-9-11-23(31)26(15-20)39-4)27-18(2)35-29(36(17)27)40-16-22-24(32)13-19(28(37)38)14-25(22)34/h5-11,13-15,17H,12,16H2,1-4H3,(H,37,38). The van der Waals surface area contributed by atoms with E-state index in [1.54, 1.807) is 25.3 Å². The van der Waals surface area contributed by atoms with Crippen LogP contribution in [0.5, 0.6) is 5.75 Å². The molecule has 5 nitrogen and oxygen atoms in total. The molecule has 2 atom stereocenters. The number of halogens is 4. The normalized spacial score (nSPS) is 19.1. The molecule has 2 aromatic carbocycles. The third-order valence-corrected chi connectivity index (χ3v) is 8.59. The first-order valence-electron chi connectivity index (χ1n) is 12.4. The van der Waals surface area contributed by atoms with Crippen molar-refractivity contribution >= 4 is 40.9 Å². The Kier molecular flexibility index (Phi) is 9.12. The molecule has 2 unspecified atom stereocenters. The van der Waals surface area contributed by atoms with Gasteiger partial charge < -0.3 is 14.4 Å². The number of imidazole rings is 1. The van der Waals surface area contributed by atoms with E-state index in [9.17, 15) is 18.7 Å². The predicted molar refractivity (Wildman–Crippen MR) is 156 cm³/mol. The topological polar surface area (TPSA) is 64.3 Å². The Morgan fingerprint density at radius 2 is 2.00 bits per heavy atom. The van der Waals surface area contributed by atoms with Gasteiger partial charge in [0.05, 0.1) is 35.1 Å². The van der Waals surface area contributed by atoms with Crippen molar-refractivity contribution in [2.24, 2.45) is 0 Å². The van der Waals surface area contributed by atoms with E-state index in [4.69, 9.17) is 32.9 Å². The fourth-order valence-electron chi connectivity index (χ4n) is 4.86. The minimum atomic E-state index is -1.26. The largest absolute Gasteiger partial charge is 0.495 e. The zero-order valence-corrected chi connectivity index (χ0v) is 24.7. The van der Waals surface area contributed by atoms with Crippen LogP contribution >= 0.6 is 35.0 Å². The monoisotopic (exact) mass is 604 g/mol. The van der Waals surface area contributed by atoms with E-state index in [1.807, 2.05) is 36.6 Å². The molecule has 0 fully saturated rings. The van der Waals surface area contributed by atoms with Crippen LogP contribution < -0.4 is 4.74 Å². The highest BCUT2D eigenvalue weighted by molar-refractivity contribution is 7.98. The quantitative estimate of drug-likeness (QED) is 0.285. The second-order valence-electron chi connectivity index (χ2n) is 9.68. The fourth-order valence-corrected chi connectivity index (χ4v) is 6.57. The van der Waals surface area contributed by atoms with Gasteiger partial charge in [0.1, 0.15) is 17.4 Å². The number of allylic oxidation sites excluding steroid dienone is 6. The lowest BCUT2D eigenvalue weighted by atomic mass is 9.75. The van der Waals surface area contributed by atoms with Crippen LogP contribution in [0.4, 0.5) is 8.78 Å². The Morgan fingerprint density at radius 1 is 1.25 bits per heavy atom. The average molecular weight is 606 g/mol. The van der Waals surface area contributed by atoms with Gasteiger partial charge in [-0.25, -0.2) is 18.6 Å². The number of methoxy groups -OCH3 is 1. The molecule has 1 N–H and O–H groups in total. The summed E-state index contributed by atoms with van der Waals surface area (Å²) in [5.41, 5.74) is 1.90. The number of aromatic nitrogens is 2. The van der Waals surface area contributed by atoms with Gasteiger partial charge >= 0.3 is 5.97 Å². The van der Waals surface area contributed by atoms with Crippen LogP contribution in [0.3, 0.4) is 0 Å². The Bertz CT molecular complexity index is 1530. The lowest BCUT2D eigenvalue weighted by Gasteiger charge is -2.33. The highest BCUT2D eigenvalue weighted by atomic mass is 35.5. The summed E-state index contributed by atoms with van der Waals surface area (Å²) in [5.74, 6) is -1.72. The van der Waals surface area contributed by atoms with Crippen molar-refractivity contribution < 1.29 is 23.4 Å². The summed E-state index contributed by atoms with van der Waals surface area (Å²) in [7, 11) is 1.56. The first kappa shape index (κ1) is 29.9. The van der Waals surface area contributed by atoms with E-state index in [1.165, 1.54) is 30.0 Å². The Morgan fingerprint density at radius 3 is 2.67 bits per heavy atom. The van der Waals surface area contributed by atoms with Gasteiger partial charge in [0.15, 0.2) is 5.16 Å². The number of carboxylic acid groups (broad SMARTS) is 1. The van der Waals surface area contributed by atoms with Crippen LogP contribution in [-0.4, -0.2) is 27.7 Å². The van der Waals surface area contributed by atoms with Gasteiger partial charge in [0.2, 0.25) is 0 Å². The number of rotatable bonds is 6. The van der Waals surface area contributed by atoms with Crippen LogP contribution in [0.25, 0.3) is 0 Å². The van der Waals surface area contributed by atoms with Crippen molar-refractivity contribution in [2.45, 2.75) is 49.6 Å². The number of thioether (sulfide) groups is 1. The van der Waals surface area contributed by atoms with E-state index in [-0.39, 0.29) is 33.8 Å². The molecular formula is C30H28Cl2F2N2O3S. The van der Waals surface area contributed by atoms with E-state index >= 15 is 0 Å². The lowest BCUT2D eigenvalue weighted by Crippen LogP contribution is -2.29. The third-order valence-electron chi connectivity index (χ3n) is 6.96. The van der Waals surface area contributed by atoms with Crippen molar-refractivity contribution in [3.05, 3.63) is 110 Å². The van der Waals surface area contributed by atoms with Gasteiger partial charge in [0, 0.05) is 21.8 Å². The van der Waals surface area contributed by atoms with Crippen molar-refractivity contribution in [3.8, 4) is 5.75 Å². The van der Waals surface area contributed by atoms with Crippen molar-refractivity contribution in [2.75, 3.05) is 7.11 Å². The number of hydrogen-bond acceptors (Lipinski definition) is 4. The first-order chi connectivity index (χ1) is 19.0. The average Bonchev–Trinajstić information content (AvgIpc) is 3.24. The summed E-state index contributed by atoms with van der Waals surface area (Å²) in [5, 5.41) is 10.3. The van der Waals surface area contributed by atoms with Crippen molar-refractivity contribution in [1.82, 2.24) is 9.55 Å². The van der Waals surface area contributed by atoms with Gasteiger partial charge in [-0.3, -0.25) is 0 Å². The molecule has 1 aliphatic rings. The maximum atomic E-state index is 14.9. The molecule has 4 rings (SSSR count). The van der Waals surface area contributed by atoms with Gasteiger partial charge in [-0.05, 0) is 69.2 Å². The molecular weight excluding hydrogens is 577 g/mol. The number of nitrogens with zero attached hydrogens (tertiary/aromatic N) is 2. The minimum Gasteiger partial charge on any atom is -0.495 e. The molecule has 10 heteroatoms. The number of aryl methyl sites for hydroxylation is 1. The highest BCUT2D eigenvalue weighted by Crippen LogP contribution is 2.44. The molecule has 0 aliphatic carbocycles. The zero-order chi connectivity index (χ0) is 29.2. The van der Waals surface area contributed by atoms with E-state index in [0.29, 0.717) is 22.3 Å². The highest BCUT2D eigenvalue weighted by Gasteiger charge is 2.36. The maximum Gasteiger partial charge on any atom is 0.335 e. The number of hydrogen-bond donors (Lipinski definition) is 1. The molecule has 0 saturated carbocycles. The van der Waals surface area contributed by atoms with E-state index in [0.717, 1.165) is 23.0 Å². The molecule has 3 aromatic rings. The number of benzene rings is 2. The maximum absolute atomic E-state index is 14.9. The van der Waals surface area contributed by atoms with Crippen LogP contribution in [0.2, 0.25) is 10.0 Å². The number of fused-ring (bicyclic) bond motifs is 1. The van der Waals surface area contributed by atoms with Crippen LogP contribution in [0.1, 0.15) is 59.2 Å². The number of aromatic carboxylic acids is 1. The van der Waals surface area contributed by atoms with Crippen LogP contribution in [0, 0.1) is 12.7 Å². The third kappa shape index (κ3) is 5.99. The molecule has 0 saturated heterocycles. The van der Waals surface area contributed by atoms with Gasteiger partial charge in [-0.15, -0.1) is 0 Å². The molecule has 0 amide bonds. The van der Waals surface area contributed by atoms with E-state index < -0.39 is 17.2 Å². The second kappa shape index (κ2) is 12.2. The lowest BCUT2D eigenvalue weighted by molar-refractivity contribution is 0.0696.